The molecule has 0 amide bonds. The molecule has 0 saturated carbocycles. The molecule has 0 aliphatic carbocycles. The van der Waals surface area contributed by atoms with E-state index in [9.17, 15) is 9.50 Å². The highest BCUT2D eigenvalue weighted by molar-refractivity contribution is 5.53. The zero-order valence-electron chi connectivity index (χ0n) is 12.7. The van der Waals surface area contributed by atoms with Crippen LogP contribution in [0, 0.1) is 5.82 Å². The zero-order chi connectivity index (χ0) is 15.1. The first-order valence-electron chi connectivity index (χ1n) is 6.84. The minimum Gasteiger partial charge on any atom is -0.389 e. The Kier molecular flexibility index (Phi) is 6.91. The van der Waals surface area contributed by atoms with E-state index < -0.39 is 6.10 Å². The zero-order valence-corrected chi connectivity index (χ0v) is 12.7. The number of hydrogen-bond donors (Lipinski definition) is 2. The third-order valence-corrected chi connectivity index (χ3v) is 3.04. The molecule has 1 aromatic rings. The lowest BCUT2D eigenvalue weighted by molar-refractivity contribution is 0.0695. The van der Waals surface area contributed by atoms with E-state index in [0.29, 0.717) is 18.7 Å². The molecule has 0 radical (unpaired) electrons. The van der Waals surface area contributed by atoms with Gasteiger partial charge in [-0.25, -0.2) is 4.39 Å². The van der Waals surface area contributed by atoms with Crippen LogP contribution in [0.4, 0.5) is 10.1 Å². The molecule has 2 N–H and O–H groups in total. The second-order valence-electron chi connectivity index (χ2n) is 5.26. The van der Waals surface area contributed by atoms with E-state index in [-0.39, 0.29) is 18.5 Å². The lowest BCUT2D eigenvalue weighted by Gasteiger charge is -2.25. The Labute approximate surface area is 120 Å². The molecule has 1 unspecified atom stereocenters. The molecule has 114 valence electrons. The number of nitrogens with one attached hydrogen (secondary N) is 1. The number of ether oxygens (including phenoxy) is 1. The summed E-state index contributed by atoms with van der Waals surface area (Å²) in [5.74, 6) is -0.233. The molecule has 0 saturated heterocycles. The fourth-order valence-electron chi connectivity index (χ4n) is 2.05. The lowest BCUT2D eigenvalue weighted by atomic mass is 10.1. The van der Waals surface area contributed by atoms with Crippen molar-refractivity contribution in [3.63, 3.8) is 0 Å². The third kappa shape index (κ3) is 5.07. The lowest BCUT2D eigenvalue weighted by Crippen LogP contribution is -2.33. The van der Waals surface area contributed by atoms with Gasteiger partial charge in [0, 0.05) is 44.5 Å². The molecule has 0 fully saturated rings. The summed E-state index contributed by atoms with van der Waals surface area (Å²) in [7, 11) is 3.38. The van der Waals surface area contributed by atoms with Gasteiger partial charge in [-0.2, -0.15) is 0 Å². The minimum atomic E-state index is -0.598. The predicted octanol–water partition coefficient (Wildman–Crippen LogP) is 1.77. The van der Waals surface area contributed by atoms with Gasteiger partial charge in [-0.15, -0.1) is 0 Å². The fourth-order valence-corrected chi connectivity index (χ4v) is 2.05. The van der Waals surface area contributed by atoms with Crippen molar-refractivity contribution in [2.75, 3.05) is 32.2 Å². The van der Waals surface area contributed by atoms with Crippen LogP contribution in [-0.2, 0) is 11.3 Å². The molecule has 4 nitrogen and oxygen atoms in total. The van der Waals surface area contributed by atoms with Gasteiger partial charge in [-0.05, 0) is 12.1 Å². The monoisotopic (exact) mass is 284 g/mol. The van der Waals surface area contributed by atoms with Gasteiger partial charge in [-0.3, -0.25) is 0 Å². The second-order valence-corrected chi connectivity index (χ2v) is 5.26. The van der Waals surface area contributed by atoms with Crippen LogP contribution in [0.5, 0.6) is 0 Å². The first-order chi connectivity index (χ1) is 9.45. The van der Waals surface area contributed by atoms with E-state index in [4.69, 9.17) is 4.74 Å². The van der Waals surface area contributed by atoms with Crippen LogP contribution < -0.4 is 10.2 Å². The number of nitrogens with zero attached hydrogens (tertiary/aromatic N) is 1. The summed E-state index contributed by atoms with van der Waals surface area (Å²) < 4.78 is 18.9. The Morgan fingerprint density at radius 2 is 2.10 bits per heavy atom. The minimum absolute atomic E-state index is 0.233. The van der Waals surface area contributed by atoms with Gasteiger partial charge in [0.15, 0.2) is 0 Å². The summed E-state index contributed by atoms with van der Waals surface area (Å²) in [6, 6.07) is 5.29. The summed E-state index contributed by atoms with van der Waals surface area (Å²) in [6.07, 6.45) is -0.598. The van der Waals surface area contributed by atoms with Crippen molar-refractivity contribution in [2.45, 2.75) is 32.5 Å². The number of aliphatic hydroxyl groups is 1. The first-order valence-corrected chi connectivity index (χ1v) is 6.84. The number of hydrogen-bond acceptors (Lipinski definition) is 4. The van der Waals surface area contributed by atoms with E-state index in [1.54, 1.807) is 13.2 Å². The van der Waals surface area contributed by atoms with Gasteiger partial charge >= 0.3 is 0 Å². The average molecular weight is 284 g/mol. The van der Waals surface area contributed by atoms with Gasteiger partial charge in [0.25, 0.3) is 0 Å². The molecule has 5 heteroatoms. The number of likely N-dealkylation sites (N-methyl/N-ethyl adjacent to an activating group) is 1. The topological polar surface area (TPSA) is 44.7 Å². The molecule has 0 heterocycles. The maximum Gasteiger partial charge on any atom is 0.129 e. The van der Waals surface area contributed by atoms with E-state index in [0.717, 1.165) is 5.69 Å². The maximum absolute atomic E-state index is 14.0. The van der Waals surface area contributed by atoms with Crippen LogP contribution >= 0.6 is 0 Å². The fraction of sp³-hybridized carbons (Fsp3) is 0.600. The number of benzene rings is 1. The third-order valence-electron chi connectivity index (χ3n) is 3.04. The quantitative estimate of drug-likeness (QED) is 0.763. The Hall–Kier alpha value is -1.17. The standard InChI is InChI=1S/C15H25FN2O2/c1-11(2)17-8-13-14(16)6-5-7-15(13)18(3)9-12(19)10-20-4/h5-7,11-12,17,19H,8-10H2,1-4H3. The Balaban J connectivity index is 2.84. The van der Waals surface area contributed by atoms with Gasteiger partial charge in [-0.1, -0.05) is 19.9 Å². The van der Waals surface area contributed by atoms with Crippen LogP contribution in [0.3, 0.4) is 0 Å². The van der Waals surface area contributed by atoms with Crippen molar-refractivity contribution in [1.82, 2.24) is 5.32 Å². The number of methoxy groups -OCH3 is 1. The molecule has 1 aromatic carbocycles. The summed E-state index contributed by atoms with van der Waals surface area (Å²) in [5.41, 5.74) is 1.40. The molecular weight excluding hydrogens is 259 g/mol. The highest BCUT2D eigenvalue weighted by Gasteiger charge is 2.15. The van der Waals surface area contributed by atoms with Crippen molar-refractivity contribution >= 4 is 5.69 Å². The van der Waals surface area contributed by atoms with E-state index in [1.807, 2.05) is 31.9 Å². The largest absolute Gasteiger partial charge is 0.389 e. The number of anilines is 1. The summed E-state index contributed by atoms with van der Waals surface area (Å²) in [5, 5.41) is 13.0. The van der Waals surface area contributed by atoms with Gasteiger partial charge in [0.05, 0.1) is 12.7 Å². The Bertz CT molecular complexity index is 413. The summed E-state index contributed by atoms with van der Waals surface area (Å²) >= 11 is 0. The molecule has 1 atom stereocenters. The smallest absolute Gasteiger partial charge is 0.129 e. The molecule has 0 aromatic heterocycles. The molecule has 0 bridgehead atoms. The molecule has 0 aliphatic heterocycles. The summed E-state index contributed by atoms with van der Waals surface area (Å²) in [6.45, 7) is 5.16. The molecule has 0 aliphatic rings. The van der Waals surface area contributed by atoms with Gasteiger partial charge in [0.1, 0.15) is 5.82 Å². The van der Waals surface area contributed by atoms with Crippen molar-refractivity contribution in [3.05, 3.63) is 29.6 Å². The number of halogens is 1. The molecule has 20 heavy (non-hydrogen) atoms. The SMILES string of the molecule is COCC(O)CN(C)c1cccc(F)c1CNC(C)C. The van der Waals surface area contributed by atoms with E-state index >= 15 is 0 Å². The molecule has 0 spiro atoms. The Morgan fingerprint density at radius 1 is 1.40 bits per heavy atom. The van der Waals surface area contributed by atoms with E-state index in [2.05, 4.69) is 5.32 Å². The van der Waals surface area contributed by atoms with E-state index in [1.165, 1.54) is 6.07 Å². The summed E-state index contributed by atoms with van der Waals surface area (Å²) in [4.78, 5) is 1.85. The number of aliphatic hydroxyl groups excluding tert-OH is 1. The molecule has 1 rings (SSSR count). The maximum atomic E-state index is 14.0. The van der Waals surface area contributed by atoms with Crippen molar-refractivity contribution in [3.8, 4) is 0 Å². The number of rotatable bonds is 8. The first kappa shape index (κ1) is 16.9. The van der Waals surface area contributed by atoms with Crippen molar-refractivity contribution in [1.29, 1.82) is 0 Å². The van der Waals surface area contributed by atoms with Crippen LogP contribution in [-0.4, -0.2) is 44.6 Å². The van der Waals surface area contributed by atoms with Crippen LogP contribution in [0.1, 0.15) is 19.4 Å². The van der Waals surface area contributed by atoms with Crippen LogP contribution in [0.15, 0.2) is 18.2 Å². The average Bonchev–Trinajstić information content (AvgIpc) is 2.36. The molecular formula is C15H25FN2O2. The normalized spacial score (nSPS) is 12.8. The predicted molar refractivity (Wildman–Crippen MR) is 79.5 cm³/mol. The van der Waals surface area contributed by atoms with Crippen molar-refractivity contribution in [2.24, 2.45) is 0 Å². The Morgan fingerprint density at radius 3 is 2.70 bits per heavy atom. The van der Waals surface area contributed by atoms with Gasteiger partial charge in [0.2, 0.25) is 0 Å². The van der Waals surface area contributed by atoms with Crippen molar-refractivity contribution < 1.29 is 14.2 Å². The van der Waals surface area contributed by atoms with Crippen LogP contribution in [0.25, 0.3) is 0 Å². The highest BCUT2D eigenvalue weighted by Crippen LogP contribution is 2.22. The second kappa shape index (κ2) is 8.19. The van der Waals surface area contributed by atoms with Crippen LogP contribution in [0.2, 0.25) is 0 Å². The highest BCUT2D eigenvalue weighted by atomic mass is 19.1. The van der Waals surface area contributed by atoms with Gasteiger partial charge < -0.3 is 20.1 Å².